The highest BCUT2D eigenvalue weighted by molar-refractivity contribution is 4.75. The third-order valence-corrected chi connectivity index (χ3v) is 3.52. The molecule has 0 aromatic heterocycles. The maximum Gasteiger partial charge on any atom is 0.0664 e. The Morgan fingerprint density at radius 1 is 1.29 bits per heavy atom. The first-order chi connectivity index (χ1) is 6.63. The molecule has 0 radical (unpaired) electrons. The third-order valence-electron chi connectivity index (χ3n) is 3.52. The van der Waals surface area contributed by atoms with Crippen LogP contribution in [0.2, 0.25) is 0 Å². The average molecular weight is 199 g/mol. The number of nitrogens with zero attached hydrogens (tertiary/aromatic N) is 1. The number of piperidine rings is 1. The highest BCUT2D eigenvalue weighted by Crippen LogP contribution is 2.24. The van der Waals surface area contributed by atoms with Gasteiger partial charge in [0.2, 0.25) is 0 Å². The van der Waals surface area contributed by atoms with Gasteiger partial charge in [-0.3, -0.25) is 0 Å². The smallest absolute Gasteiger partial charge is 0.0664 e. The van der Waals surface area contributed by atoms with Crippen LogP contribution in [0.4, 0.5) is 0 Å². The lowest BCUT2D eigenvalue weighted by Gasteiger charge is -2.34. The van der Waals surface area contributed by atoms with E-state index < -0.39 is 0 Å². The molecule has 1 rings (SSSR count). The van der Waals surface area contributed by atoms with Crippen LogP contribution in [-0.2, 0) is 0 Å². The van der Waals surface area contributed by atoms with Gasteiger partial charge < -0.3 is 10.0 Å². The molecule has 0 spiro atoms. The van der Waals surface area contributed by atoms with E-state index in [0.29, 0.717) is 0 Å². The van der Waals surface area contributed by atoms with Gasteiger partial charge in [-0.05, 0) is 44.2 Å². The molecule has 1 aliphatic rings. The summed E-state index contributed by atoms with van der Waals surface area (Å²) in [6.07, 6.45) is 3.39. The van der Waals surface area contributed by atoms with Crippen molar-refractivity contribution in [3.63, 3.8) is 0 Å². The number of aliphatic hydroxyl groups excluding tert-OH is 1. The number of likely N-dealkylation sites (tertiary alicyclic amines) is 1. The van der Waals surface area contributed by atoms with E-state index in [4.69, 9.17) is 0 Å². The maximum atomic E-state index is 9.54. The van der Waals surface area contributed by atoms with Gasteiger partial charge in [-0.1, -0.05) is 20.8 Å². The molecule has 0 amide bonds. The topological polar surface area (TPSA) is 23.5 Å². The van der Waals surface area contributed by atoms with Gasteiger partial charge in [-0.25, -0.2) is 0 Å². The molecular weight excluding hydrogens is 174 g/mol. The number of aliphatic hydroxyl groups is 1. The Bertz CT molecular complexity index is 150. The summed E-state index contributed by atoms with van der Waals surface area (Å²) in [5.74, 6) is 1.73. The Hall–Kier alpha value is -0.0800. The van der Waals surface area contributed by atoms with Crippen LogP contribution < -0.4 is 0 Å². The van der Waals surface area contributed by atoms with Crippen molar-refractivity contribution in [2.45, 2.75) is 46.1 Å². The van der Waals surface area contributed by atoms with Crippen LogP contribution in [0.3, 0.4) is 0 Å². The first-order valence-corrected chi connectivity index (χ1v) is 6.04. The lowest BCUT2D eigenvalue weighted by Crippen LogP contribution is -2.39. The van der Waals surface area contributed by atoms with Crippen molar-refractivity contribution in [2.24, 2.45) is 11.8 Å². The van der Waals surface area contributed by atoms with E-state index in [9.17, 15) is 5.11 Å². The van der Waals surface area contributed by atoms with Gasteiger partial charge in [0.15, 0.2) is 0 Å². The molecule has 1 aliphatic heterocycles. The Morgan fingerprint density at radius 2 is 1.86 bits per heavy atom. The van der Waals surface area contributed by atoms with Crippen molar-refractivity contribution in [1.29, 1.82) is 0 Å². The highest BCUT2D eigenvalue weighted by atomic mass is 16.3. The van der Waals surface area contributed by atoms with E-state index in [1.165, 1.54) is 25.9 Å². The molecule has 84 valence electrons. The van der Waals surface area contributed by atoms with Gasteiger partial charge in [-0.15, -0.1) is 0 Å². The average Bonchev–Trinajstić information content (AvgIpc) is 2.18. The molecule has 1 N–H and O–H groups in total. The molecule has 1 heterocycles. The van der Waals surface area contributed by atoms with Crippen molar-refractivity contribution >= 4 is 0 Å². The second kappa shape index (κ2) is 5.72. The van der Waals surface area contributed by atoms with Crippen molar-refractivity contribution in [1.82, 2.24) is 4.90 Å². The van der Waals surface area contributed by atoms with Gasteiger partial charge >= 0.3 is 0 Å². The Labute approximate surface area is 88.3 Å². The lowest BCUT2D eigenvalue weighted by atomic mass is 9.86. The van der Waals surface area contributed by atoms with Crippen LogP contribution in [0, 0.1) is 11.8 Å². The largest absolute Gasteiger partial charge is 0.392 e. The number of β-amino-alcohol motifs (C(OH)–C–C–N with tert-alkyl or cyclic N) is 1. The van der Waals surface area contributed by atoms with Gasteiger partial charge in [0.25, 0.3) is 0 Å². The van der Waals surface area contributed by atoms with Gasteiger partial charge in [0, 0.05) is 6.54 Å². The van der Waals surface area contributed by atoms with E-state index >= 15 is 0 Å². The van der Waals surface area contributed by atoms with Crippen molar-refractivity contribution in [2.75, 3.05) is 19.6 Å². The molecular formula is C12H25NO. The van der Waals surface area contributed by atoms with E-state index in [0.717, 1.165) is 24.8 Å². The van der Waals surface area contributed by atoms with E-state index in [1.807, 2.05) is 6.92 Å². The molecule has 1 saturated heterocycles. The minimum Gasteiger partial charge on any atom is -0.392 e. The molecule has 0 aliphatic carbocycles. The van der Waals surface area contributed by atoms with Crippen LogP contribution in [-0.4, -0.2) is 35.7 Å². The van der Waals surface area contributed by atoms with Crippen molar-refractivity contribution < 1.29 is 5.11 Å². The maximum absolute atomic E-state index is 9.54. The molecule has 0 saturated carbocycles. The summed E-state index contributed by atoms with van der Waals surface area (Å²) in [6, 6.07) is 0. The first kappa shape index (κ1) is 12.0. The molecule has 0 aromatic rings. The quantitative estimate of drug-likeness (QED) is 0.749. The van der Waals surface area contributed by atoms with Gasteiger partial charge in [0.1, 0.15) is 0 Å². The monoisotopic (exact) mass is 199 g/mol. The van der Waals surface area contributed by atoms with Crippen LogP contribution in [0.25, 0.3) is 0 Å². The zero-order valence-electron chi connectivity index (χ0n) is 9.87. The molecule has 2 heteroatoms. The van der Waals surface area contributed by atoms with E-state index in [2.05, 4.69) is 18.7 Å². The Balaban J connectivity index is 2.22. The predicted molar refractivity (Wildman–Crippen MR) is 60.3 cm³/mol. The molecule has 0 aromatic carbocycles. The molecule has 1 unspecified atom stereocenters. The molecule has 0 bridgehead atoms. The SMILES string of the molecule is CCC(O)CN1CCC(C(C)C)CC1. The van der Waals surface area contributed by atoms with Crippen molar-refractivity contribution in [3.8, 4) is 0 Å². The second-order valence-corrected chi connectivity index (χ2v) is 4.94. The summed E-state index contributed by atoms with van der Waals surface area (Å²) >= 11 is 0. The normalized spacial score (nSPS) is 22.9. The zero-order chi connectivity index (χ0) is 10.6. The summed E-state index contributed by atoms with van der Waals surface area (Å²) in [5.41, 5.74) is 0. The molecule has 1 atom stereocenters. The van der Waals surface area contributed by atoms with E-state index in [-0.39, 0.29) is 6.10 Å². The minimum absolute atomic E-state index is 0.120. The second-order valence-electron chi connectivity index (χ2n) is 4.94. The standard InChI is InChI=1S/C12H25NO/c1-4-12(14)9-13-7-5-11(6-8-13)10(2)3/h10-12,14H,4-9H2,1-3H3. The number of hydrogen-bond donors (Lipinski definition) is 1. The summed E-state index contributed by atoms with van der Waals surface area (Å²) in [6.45, 7) is 9.93. The summed E-state index contributed by atoms with van der Waals surface area (Å²) in [4.78, 5) is 2.41. The van der Waals surface area contributed by atoms with Crippen molar-refractivity contribution in [3.05, 3.63) is 0 Å². The van der Waals surface area contributed by atoms with Gasteiger partial charge in [-0.2, -0.15) is 0 Å². The summed E-state index contributed by atoms with van der Waals surface area (Å²) in [5, 5.41) is 9.54. The molecule has 1 fully saturated rings. The number of rotatable bonds is 4. The fourth-order valence-corrected chi connectivity index (χ4v) is 2.23. The highest BCUT2D eigenvalue weighted by Gasteiger charge is 2.22. The first-order valence-electron chi connectivity index (χ1n) is 6.04. The summed E-state index contributed by atoms with van der Waals surface area (Å²) < 4.78 is 0. The fraction of sp³-hybridized carbons (Fsp3) is 1.00. The lowest BCUT2D eigenvalue weighted by molar-refractivity contribution is 0.0798. The van der Waals surface area contributed by atoms with E-state index in [1.54, 1.807) is 0 Å². The Kier molecular flexibility index (Phi) is 4.90. The van der Waals surface area contributed by atoms with Crippen LogP contribution >= 0.6 is 0 Å². The third kappa shape index (κ3) is 3.58. The van der Waals surface area contributed by atoms with Crippen LogP contribution in [0.5, 0.6) is 0 Å². The van der Waals surface area contributed by atoms with Crippen LogP contribution in [0.1, 0.15) is 40.0 Å². The fourth-order valence-electron chi connectivity index (χ4n) is 2.23. The van der Waals surface area contributed by atoms with Gasteiger partial charge in [0.05, 0.1) is 6.10 Å². The number of hydrogen-bond acceptors (Lipinski definition) is 2. The predicted octanol–water partition coefficient (Wildman–Crippen LogP) is 2.13. The molecule has 14 heavy (non-hydrogen) atoms. The zero-order valence-corrected chi connectivity index (χ0v) is 9.87. The Morgan fingerprint density at radius 3 is 2.29 bits per heavy atom. The van der Waals surface area contributed by atoms with Crippen LogP contribution in [0.15, 0.2) is 0 Å². The molecule has 2 nitrogen and oxygen atoms in total. The summed E-state index contributed by atoms with van der Waals surface area (Å²) in [7, 11) is 0. The minimum atomic E-state index is -0.120.